The third-order valence-corrected chi connectivity index (χ3v) is 3.67. The van der Waals surface area contributed by atoms with Gasteiger partial charge in [0.1, 0.15) is 9.84 Å². The number of rotatable bonds is 6. The first kappa shape index (κ1) is 14.2. The van der Waals surface area contributed by atoms with Crippen molar-refractivity contribution in [3.05, 3.63) is 35.4 Å². The Labute approximate surface area is 103 Å². The van der Waals surface area contributed by atoms with Gasteiger partial charge in [0.05, 0.1) is 6.10 Å². The van der Waals surface area contributed by atoms with E-state index < -0.39 is 15.9 Å². The van der Waals surface area contributed by atoms with Gasteiger partial charge in [-0.1, -0.05) is 29.8 Å². The summed E-state index contributed by atoms with van der Waals surface area (Å²) >= 11 is 0. The molecule has 96 valence electrons. The molecule has 0 aromatic heterocycles. The van der Waals surface area contributed by atoms with Crippen molar-refractivity contribution in [2.75, 3.05) is 12.0 Å². The molecule has 0 amide bonds. The smallest absolute Gasteiger partial charge is 0.147 e. The predicted octanol–water partition coefficient (Wildman–Crippen LogP) is 1.72. The molecule has 1 rings (SSSR count). The summed E-state index contributed by atoms with van der Waals surface area (Å²) in [6, 6.07) is 8.02. The highest BCUT2D eigenvalue weighted by Crippen LogP contribution is 2.09. The van der Waals surface area contributed by atoms with E-state index in [1.54, 1.807) is 0 Å². The molecular formula is C13H20O3S. The van der Waals surface area contributed by atoms with Gasteiger partial charge in [-0.3, -0.25) is 0 Å². The first-order chi connectivity index (χ1) is 7.87. The molecule has 1 atom stereocenters. The Kier molecular flexibility index (Phi) is 5.15. The van der Waals surface area contributed by atoms with Crippen LogP contribution in [0.15, 0.2) is 24.3 Å². The number of aliphatic hydroxyl groups excluding tert-OH is 1. The van der Waals surface area contributed by atoms with E-state index in [1.807, 2.05) is 31.2 Å². The minimum absolute atomic E-state index is 0.151. The molecule has 0 radical (unpaired) electrons. The van der Waals surface area contributed by atoms with Gasteiger partial charge in [-0.15, -0.1) is 0 Å². The van der Waals surface area contributed by atoms with E-state index in [0.717, 1.165) is 5.56 Å². The molecule has 0 heterocycles. The Bertz CT molecular complexity index is 434. The zero-order valence-electron chi connectivity index (χ0n) is 10.4. The minimum atomic E-state index is -2.91. The van der Waals surface area contributed by atoms with Crippen molar-refractivity contribution < 1.29 is 13.5 Å². The topological polar surface area (TPSA) is 54.4 Å². The zero-order valence-corrected chi connectivity index (χ0v) is 11.2. The van der Waals surface area contributed by atoms with E-state index in [9.17, 15) is 13.5 Å². The van der Waals surface area contributed by atoms with Crippen LogP contribution in [0.5, 0.6) is 0 Å². The summed E-state index contributed by atoms with van der Waals surface area (Å²) in [5.41, 5.74) is 2.28. The number of aliphatic hydroxyl groups is 1. The molecule has 3 nitrogen and oxygen atoms in total. The van der Waals surface area contributed by atoms with Crippen molar-refractivity contribution in [2.24, 2.45) is 0 Å². The second kappa shape index (κ2) is 6.17. The van der Waals surface area contributed by atoms with Crippen LogP contribution in [0, 0.1) is 6.92 Å². The first-order valence-corrected chi connectivity index (χ1v) is 7.84. The summed E-state index contributed by atoms with van der Waals surface area (Å²) in [5, 5.41) is 9.77. The summed E-state index contributed by atoms with van der Waals surface area (Å²) in [5.74, 6) is 0.151. The summed E-state index contributed by atoms with van der Waals surface area (Å²) in [6.07, 6.45) is 2.40. The van der Waals surface area contributed by atoms with Crippen molar-refractivity contribution in [1.82, 2.24) is 0 Å². The van der Waals surface area contributed by atoms with Crippen molar-refractivity contribution in [1.29, 1.82) is 0 Å². The molecule has 1 aromatic rings. The van der Waals surface area contributed by atoms with E-state index in [2.05, 4.69) is 0 Å². The number of benzene rings is 1. The monoisotopic (exact) mass is 256 g/mol. The van der Waals surface area contributed by atoms with Gasteiger partial charge in [0.25, 0.3) is 0 Å². The fourth-order valence-electron chi connectivity index (χ4n) is 1.68. The first-order valence-electron chi connectivity index (χ1n) is 5.78. The van der Waals surface area contributed by atoms with E-state index in [-0.39, 0.29) is 5.75 Å². The van der Waals surface area contributed by atoms with Crippen LogP contribution in [0.25, 0.3) is 0 Å². The summed E-state index contributed by atoms with van der Waals surface area (Å²) in [4.78, 5) is 0. The maximum atomic E-state index is 10.9. The third-order valence-electron chi connectivity index (χ3n) is 2.64. The lowest BCUT2D eigenvalue weighted by molar-refractivity contribution is 0.164. The normalized spacial score (nSPS) is 13.6. The molecule has 0 aliphatic carbocycles. The zero-order chi connectivity index (χ0) is 12.9. The van der Waals surface area contributed by atoms with Crippen LogP contribution < -0.4 is 0 Å². The van der Waals surface area contributed by atoms with E-state index in [1.165, 1.54) is 11.8 Å². The highest BCUT2D eigenvalue weighted by Gasteiger charge is 2.08. The molecule has 0 aliphatic rings. The van der Waals surface area contributed by atoms with Crippen LogP contribution in [0.3, 0.4) is 0 Å². The molecule has 0 fully saturated rings. The maximum Gasteiger partial charge on any atom is 0.147 e. The second-order valence-electron chi connectivity index (χ2n) is 4.62. The Hall–Kier alpha value is -0.870. The van der Waals surface area contributed by atoms with Gasteiger partial charge >= 0.3 is 0 Å². The summed E-state index contributed by atoms with van der Waals surface area (Å²) in [7, 11) is -2.91. The molecule has 0 bridgehead atoms. The van der Waals surface area contributed by atoms with Crippen molar-refractivity contribution in [3.8, 4) is 0 Å². The van der Waals surface area contributed by atoms with Crippen LogP contribution in [-0.2, 0) is 16.3 Å². The van der Waals surface area contributed by atoms with Gasteiger partial charge in [-0.25, -0.2) is 8.42 Å². The maximum absolute atomic E-state index is 10.9. The van der Waals surface area contributed by atoms with Gasteiger partial charge in [0.2, 0.25) is 0 Å². The molecule has 0 saturated heterocycles. The van der Waals surface area contributed by atoms with Gasteiger partial charge in [0.15, 0.2) is 0 Å². The van der Waals surface area contributed by atoms with E-state index in [0.29, 0.717) is 19.3 Å². The predicted molar refractivity (Wildman–Crippen MR) is 69.8 cm³/mol. The number of hydrogen-bond acceptors (Lipinski definition) is 3. The lowest BCUT2D eigenvalue weighted by atomic mass is 10.0. The van der Waals surface area contributed by atoms with Crippen molar-refractivity contribution in [3.63, 3.8) is 0 Å². The van der Waals surface area contributed by atoms with Crippen LogP contribution in [0.1, 0.15) is 24.0 Å². The van der Waals surface area contributed by atoms with Crippen LogP contribution >= 0.6 is 0 Å². The van der Waals surface area contributed by atoms with Gasteiger partial charge < -0.3 is 5.11 Å². The third kappa shape index (κ3) is 6.44. The average molecular weight is 256 g/mol. The Morgan fingerprint density at radius 3 is 2.35 bits per heavy atom. The van der Waals surface area contributed by atoms with Crippen LogP contribution in [0.4, 0.5) is 0 Å². The Morgan fingerprint density at radius 1 is 1.24 bits per heavy atom. The van der Waals surface area contributed by atoms with Crippen LogP contribution in [-0.4, -0.2) is 31.6 Å². The Balaban J connectivity index is 2.34. The summed E-state index contributed by atoms with van der Waals surface area (Å²) < 4.78 is 21.9. The molecule has 0 spiro atoms. The molecule has 1 unspecified atom stereocenters. The Morgan fingerprint density at radius 2 is 1.82 bits per heavy atom. The highest BCUT2D eigenvalue weighted by atomic mass is 32.2. The highest BCUT2D eigenvalue weighted by molar-refractivity contribution is 7.90. The molecule has 0 saturated carbocycles. The number of hydrogen-bond donors (Lipinski definition) is 1. The minimum Gasteiger partial charge on any atom is -0.393 e. The second-order valence-corrected chi connectivity index (χ2v) is 6.88. The number of sulfone groups is 1. The quantitative estimate of drug-likeness (QED) is 0.843. The average Bonchev–Trinajstić information content (AvgIpc) is 2.19. The molecule has 1 N–H and O–H groups in total. The molecular weight excluding hydrogens is 236 g/mol. The summed E-state index contributed by atoms with van der Waals surface area (Å²) in [6.45, 7) is 2.02. The SMILES string of the molecule is Cc1ccc(CC(O)CCCS(C)(=O)=O)cc1. The van der Waals surface area contributed by atoms with E-state index >= 15 is 0 Å². The van der Waals surface area contributed by atoms with E-state index in [4.69, 9.17) is 0 Å². The van der Waals surface area contributed by atoms with Crippen LogP contribution in [0.2, 0.25) is 0 Å². The van der Waals surface area contributed by atoms with Crippen molar-refractivity contribution in [2.45, 2.75) is 32.3 Å². The molecule has 1 aromatic carbocycles. The fourth-order valence-corrected chi connectivity index (χ4v) is 2.37. The van der Waals surface area contributed by atoms with Gasteiger partial charge in [0, 0.05) is 12.0 Å². The lowest BCUT2D eigenvalue weighted by Gasteiger charge is -2.10. The fraction of sp³-hybridized carbons (Fsp3) is 0.538. The molecule has 4 heteroatoms. The number of aryl methyl sites for hydroxylation is 1. The van der Waals surface area contributed by atoms with Gasteiger partial charge in [-0.2, -0.15) is 0 Å². The standard InChI is InChI=1S/C13H20O3S/c1-11-5-7-12(8-6-11)10-13(14)4-3-9-17(2,15)16/h5-8,13-14H,3-4,9-10H2,1-2H3. The molecule has 0 aliphatic heterocycles. The van der Waals surface area contributed by atoms with Crippen molar-refractivity contribution >= 4 is 9.84 Å². The lowest BCUT2D eigenvalue weighted by Crippen LogP contribution is -2.13. The molecule has 17 heavy (non-hydrogen) atoms. The largest absolute Gasteiger partial charge is 0.393 e. The van der Waals surface area contributed by atoms with Gasteiger partial charge in [-0.05, 0) is 31.7 Å².